The monoisotopic (exact) mass is 237 g/mol. The van der Waals surface area contributed by atoms with Crippen molar-refractivity contribution in [1.82, 2.24) is 15.1 Å². The Balaban J connectivity index is 1.80. The lowest BCUT2D eigenvalue weighted by atomic mass is 10.0. The van der Waals surface area contributed by atoms with Gasteiger partial charge in [0.25, 0.3) is 0 Å². The Labute approximate surface area is 103 Å². The lowest BCUT2D eigenvalue weighted by Crippen LogP contribution is -2.23. The number of nitrogens with one attached hydrogen (secondary N) is 1. The van der Waals surface area contributed by atoms with E-state index in [1.165, 1.54) is 12.8 Å². The molecule has 4 heteroatoms. The summed E-state index contributed by atoms with van der Waals surface area (Å²) in [5, 5.41) is 7.97. The summed E-state index contributed by atoms with van der Waals surface area (Å²) in [7, 11) is 0. The van der Waals surface area contributed by atoms with E-state index >= 15 is 0 Å². The van der Waals surface area contributed by atoms with Gasteiger partial charge in [-0.1, -0.05) is 13.8 Å². The molecule has 1 fully saturated rings. The molecule has 0 saturated carbocycles. The van der Waals surface area contributed by atoms with Gasteiger partial charge in [-0.2, -0.15) is 5.10 Å². The van der Waals surface area contributed by atoms with E-state index in [0.717, 1.165) is 37.9 Å². The second-order valence-corrected chi connectivity index (χ2v) is 5.12. The van der Waals surface area contributed by atoms with Crippen molar-refractivity contribution in [3.05, 3.63) is 18.0 Å². The van der Waals surface area contributed by atoms with Gasteiger partial charge in [0, 0.05) is 38.5 Å². The number of nitrogens with zero attached hydrogens (tertiary/aromatic N) is 2. The highest BCUT2D eigenvalue weighted by atomic mass is 16.5. The molecule has 1 aromatic rings. The van der Waals surface area contributed by atoms with Gasteiger partial charge in [0.15, 0.2) is 0 Å². The molecular weight excluding hydrogens is 214 g/mol. The van der Waals surface area contributed by atoms with Crippen LogP contribution in [0.2, 0.25) is 0 Å². The Morgan fingerprint density at radius 2 is 2.24 bits per heavy atom. The first kappa shape index (κ1) is 12.6. The fourth-order valence-corrected chi connectivity index (χ4v) is 2.10. The summed E-state index contributed by atoms with van der Waals surface area (Å²) in [5.41, 5.74) is 1.13. The van der Waals surface area contributed by atoms with Crippen LogP contribution in [0.5, 0.6) is 0 Å². The summed E-state index contributed by atoms with van der Waals surface area (Å²) in [4.78, 5) is 0. The van der Waals surface area contributed by atoms with Crippen molar-refractivity contribution in [1.29, 1.82) is 0 Å². The van der Waals surface area contributed by atoms with Gasteiger partial charge in [-0.3, -0.25) is 4.68 Å². The van der Waals surface area contributed by atoms with Crippen molar-refractivity contribution >= 4 is 0 Å². The zero-order valence-electron chi connectivity index (χ0n) is 10.9. The molecule has 96 valence electrons. The molecule has 0 radical (unpaired) electrons. The van der Waals surface area contributed by atoms with Crippen molar-refractivity contribution in [3.63, 3.8) is 0 Å². The normalized spacial score (nSPS) is 17.8. The molecule has 1 N–H and O–H groups in total. The minimum absolute atomic E-state index is 0.510. The quantitative estimate of drug-likeness (QED) is 0.849. The Kier molecular flexibility index (Phi) is 4.57. The van der Waals surface area contributed by atoms with Gasteiger partial charge >= 0.3 is 0 Å². The van der Waals surface area contributed by atoms with E-state index in [-0.39, 0.29) is 0 Å². The summed E-state index contributed by atoms with van der Waals surface area (Å²) in [6.07, 6.45) is 4.42. The zero-order valence-corrected chi connectivity index (χ0v) is 10.9. The van der Waals surface area contributed by atoms with Crippen LogP contribution in [0.25, 0.3) is 0 Å². The molecular formula is C13H23N3O. The number of hydrogen-bond acceptors (Lipinski definition) is 3. The molecule has 0 spiro atoms. The first-order chi connectivity index (χ1) is 8.24. The van der Waals surface area contributed by atoms with Crippen LogP contribution in [-0.4, -0.2) is 29.0 Å². The third-order valence-corrected chi connectivity index (χ3v) is 3.17. The molecule has 0 bridgehead atoms. The van der Waals surface area contributed by atoms with Crippen molar-refractivity contribution in [2.75, 3.05) is 13.2 Å². The van der Waals surface area contributed by atoms with Crippen molar-refractivity contribution in [2.24, 2.45) is 5.92 Å². The number of hydrogen-bond donors (Lipinski definition) is 1. The average molecular weight is 237 g/mol. The molecule has 0 atom stereocenters. The minimum Gasteiger partial charge on any atom is -0.381 e. The first-order valence-electron chi connectivity index (χ1n) is 6.57. The Morgan fingerprint density at radius 1 is 1.47 bits per heavy atom. The molecule has 0 aromatic carbocycles. The summed E-state index contributed by atoms with van der Waals surface area (Å²) in [5.74, 6) is 0.731. The summed E-state index contributed by atoms with van der Waals surface area (Å²) in [6, 6.07) is 2.62. The summed E-state index contributed by atoms with van der Waals surface area (Å²) < 4.78 is 7.44. The van der Waals surface area contributed by atoms with Crippen molar-refractivity contribution < 1.29 is 4.74 Å². The van der Waals surface area contributed by atoms with Gasteiger partial charge in [0.1, 0.15) is 0 Å². The van der Waals surface area contributed by atoms with E-state index in [0.29, 0.717) is 6.04 Å². The van der Waals surface area contributed by atoms with E-state index in [2.05, 4.69) is 41.2 Å². The van der Waals surface area contributed by atoms with Gasteiger partial charge in [-0.25, -0.2) is 0 Å². The predicted octanol–water partition coefficient (Wildman–Crippen LogP) is 1.81. The van der Waals surface area contributed by atoms with Crippen LogP contribution in [0.15, 0.2) is 12.3 Å². The van der Waals surface area contributed by atoms with Crippen molar-refractivity contribution in [3.8, 4) is 0 Å². The van der Waals surface area contributed by atoms with Crippen LogP contribution >= 0.6 is 0 Å². The molecule has 0 aliphatic carbocycles. The minimum atomic E-state index is 0.510. The van der Waals surface area contributed by atoms with E-state index in [4.69, 9.17) is 4.74 Å². The number of rotatable bonds is 5. The number of aromatic nitrogens is 2. The van der Waals surface area contributed by atoms with Crippen LogP contribution < -0.4 is 5.32 Å². The molecule has 1 aliphatic heterocycles. The second-order valence-electron chi connectivity index (χ2n) is 5.12. The zero-order chi connectivity index (χ0) is 12.1. The molecule has 2 heterocycles. The molecule has 2 rings (SSSR count). The Bertz CT molecular complexity index is 329. The van der Waals surface area contributed by atoms with E-state index < -0.39 is 0 Å². The highest BCUT2D eigenvalue weighted by Crippen LogP contribution is 2.16. The van der Waals surface area contributed by atoms with Crippen LogP contribution in [-0.2, 0) is 17.8 Å². The smallest absolute Gasteiger partial charge is 0.0762 e. The molecule has 0 amide bonds. The SMILES string of the molecule is CC(C)NCc1ccn(CC2CCOCC2)n1. The fourth-order valence-electron chi connectivity index (χ4n) is 2.10. The third kappa shape index (κ3) is 4.13. The molecule has 1 aromatic heterocycles. The van der Waals surface area contributed by atoms with Crippen LogP contribution in [0.1, 0.15) is 32.4 Å². The topological polar surface area (TPSA) is 39.1 Å². The summed E-state index contributed by atoms with van der Waals surface area (Å²) >= 11 is 0. The van der Waals surface area contributed by atoms with Crippen LogP contribution in [0.3, 0.4) is 0 Å². The Hall–Kier alpha value is -0.870. The maximum atomic E-state index is 5.37. The van der Waals surface area contributed by atoms with Gasteiger partial charge in [-0.05, 0) is 24.8 Å². The summed E-state index contributed by atoms with van der Waals surface area (Å²) in [6.45, 7) is 8.02. The second kappa shape index (κ2) is 6.17. The largest absolute Gasteiger partial charge is 0.381 e. The van der Waals surface area contributed by atoms with Crippen LogP contribution in [0.4, 0.5) is 0 Å². The molecule has 4 nitrogen and oxygen atoms in total. The number of ether oxygens (including phenoxy) is 1. The fraction of sp³-hybridized carbons (Fsp3) is 0.769. The van der Waals surface area contributed by atoms with Gasteiger partial charge < -0.3 is 10.1 Å². The maximum absolute atomic E-state index is 5.37. The van der Waals surface area contributed by atoms with E-state index in [1.807, 2.05) is 0 Å². The maximum Gasteiger partial charge on any atom is 0.0762 e. The first-order valence-corrected chi connectivity index (χ1v) is 6.57. The molecule has 1 aliphatic rings. The lowest BCUT2D eigenvalue weighted by molar-refractivity contribution is 0.0601. The van der Waals surface area contributed by atoms with Gasteiger partial charge in [-0.15, -0.1) is 0 Å². The van der Waals surface area contributed by atoms with Gasteiger partial charge in [0.05, 0.1) is 5.69 Å². The highest BCUT2D eigenvalue weighted by Gasteiger charge is 2.14. The third-order valence-electron chi connectivity index (χ3n) is 3.17. The highest BCUT2D eigenvalue weighted by molar-refractivity contribution is 4.98. The molecule has 0 unspecified atom stereocenters. The standard InChI is InChI=1S/C13H23N3O/c1-11(2)14-9-13-3-6-16(15-13)10-12-4-7-17-8-5-12/h3,6,11-12,14H,4-5,7-10H2,1-2H3. The predicted molar refractivity (Wildman–Crippen MR) is 67.7 cm³/mol. The van der Waals surface area contributed by atoms with E-state index in [9.17, 15) is 0 Å². The lowest BCUT2D eigenvalue weighted by Gasteiger charge is -2.21. The van der Waals surface area contributed by atoms with Gasteiger partial charge in [0.2, 0.25) is 0 Å². The molecule has 17 heavy (non-hydrogen) atoms. The molecule has 1 saturated heterocycles. The van der Waals surface area contributed by atoms with E-state index in [1.54, 1.807) is 0 Å². The van der Waals surface area contributed by atoms with Crippen molar-refractivity contribution in [2.45, 2.75) is 45.8 Å². The van der Waals surface area contributed by atoms with Crippen LogP contribution in [0, 0.1) is 5.92 Å². The Morgan fingerprint density at radius 3 is 2.94 bits per heavy atom. The average Bonchev–Trinajstić information content (AvgIpc) is 2.75.